The van der Waals surface area contributed by atoms with Crippen molar-refractivity contribution < 1.29 is 14.3 Å². The second kappa shape index (κ2) is 4.16. The summed E-state index contributed by atoms with van der Waals surface area (Å²) in [5, 5.41) is 10.0. The Labute approximate surface area is 112 Å². The zero-order valence-corrected chi connectivity index (χ0v) is 10.6. The number of aromatic nitrogens is 3. The molecule has 7 heteroatoms. The number of fused-ring (bicyclic) bond motifs is 3. The number of aliphatic carboxylic acids is 1. The first-order chi connectivity index (χ1) is 9.49. The maximum absolute atomic E-state index is 14.2. The summed E-state index contributed by atoms with van der Waals surface area (Å²) < 4.78 is 15.5. The van der Waals surface area contributed by atoms with E-state index >= 15 is 0 Å². The summed E-state index contributed by atoms with van der Waals surface area (Å²) in [5.41, 5.74) is 7.05. The number of nitrogens with zero attached hydrogens (tertiary/aromatic N) is 3. The molecule has 0 radical (unpaired) electrons. The highest BCUT2D eigenvalue weighted by Gasteiger charge is 2.19. The van der Waals surface area contributed by atoms with Gasteiger partial charge in [0.1, 0.15) is 30.2 Å². The molecule has 3 rings (SSSR count). The van der Waals surface area contributed by atoms with Gasteiger partial charge in [-0.1, -0.05) is 0 Å². The average Bonchev–Trinajstić information content (AvgIpc) is 2.64. The minimum absolute atomic E-state index is 0.181. The van der Waals surface area contributed by atoms with Crippen molar-refractivity contribution in [3.8, 4) is 0 Å². The van der Waals surface area contributed by atoms with Gasteiger partial charge in [-0.05, 0) is 24.6 Å². The summed E-state index contributed by atoms with van der Waals surface area (Å²) in [6.45, 7) is 1.36. The predicted molar refractivity (Wildman–Crippen MR) is 71.8 cm³/mol. The summed E-state index contributed by atoms with van der Waals surface area (Å²) >= 11 is 0. The van der Waals surface area contributed by atoms with Crippen LogP contribution in [0.5, 0.6) is 0 Å². The van der Waals surface area contributed by atoms with Gasteiger partial charge in [0.05, 0.1) is 10.9 Å². The molecule has 0 atom stereocenters. The van der Waals surface area contributed by atoms with E-state index in [1.54, 1.807) is 13.0 Å². The van der Waals surface area contributed by atoms with E-state index in [1.807, 2.05) is 0 Å². The number of nitrogen functional groups attached to an aromatic ring is 1. The molecule has 0 fully saturated rings. The average molecular weight is 274 g/mol. The number of hydrogen-bond donors (Lipinski definition) is 2. The Hall–Kier alpha value is -2.70. The smallest absolute Gasteiger partial charge is 0.323 e. The van der Waals surface area contributed by atoms with Crippen molar-refractivity contribution in [2.45, 2.75) is 13.5 Å². The minimum atomic E-state index is -1.08. The Morgan fingerprint density at radius 3 is 2.90 bits per heavy atom. The highest BCUT2D eigenvalue weighted by Crippen LogP contribution is 2.32. The first-order valence-corrected chi connectivity index (χ1v) is 5.89. The van der Waals surface area contributed by atoms with Crippen LogP contribution in [0.2, 0.25) is 0 Å². The van der Waals surface area contributed by atoms with Crippen molar-refractivity contribution >= 4 is 33.7 Å². The zero-order chi connectivity index (χ0) is 14.4. The molecule has 0 aliphatic heterocycles. The number of carboxylic acid groups (broad SMARTS) is 1. The van der Waals surface area contributed by atoms with Gasteiger partial charge < -0.3 is 15.4 Å². The van der Waals surface area contributed by atoms with Crippen LogP contribution in [0.3, 0.4) is 0 Å². The van der Waals surface area contributed by atoms with Gasteiger partial charge in [-0.25, -0.2) is 14.4 Å². The van der Waals surface area contributed by atoms with Gasteiger partial charge in [-0.2, -0.15) is 0 Å². The van der Waals surface area contributed by atoms with Gasteiger partial charge in [-0.15, -0.1) is 0 Å². The van der Waals surface area contributed by atoms with Crippen molar-refractivity contribution in [3.63, 3.8) is 0 Å². The molecular formula is C13H11FN4O2. The van der Waals surface area contributed by atoms with E-state index in [4.69, 9.17) is 10.8 Å². The molecule has 6 nitrogen and oxygen atoms in total. The molecule has 20 heavy (non-hydrogen) atoms. The van der Waals surface area contributed by atoms with E-state index in [0.29, 0.717) is 22.0 Å². The van der Waals surface area contributed by atoms with Crippen LogP contribution in [-0.2, 0) is 11.3 Å². The molecule has 0 amide bonds. The van der Waals surface area contributed by atoms with E-state index in [1.165, 1.54) is 17.0 Å². The van der Waals surface area contributed by atoms with Crippen LogP contribution in [-0.4, -0.2) is 25.6 Å². The molecule has 2 aromatic heterocycles. The SMILES string of the molecule is Cc1cc(F)c2c(c1)c1c(N)ncnc1n2CC(=O)O. The topological polar surface area (TPSA) is 94.0 Å². The van der Waals surface area contributed by atoms with Crippen molar-refractivity contribution in [2.75, 3.05) is 5.73 Å². The number of nitrogens with two attached hydrogens (primary N) is 1. The third-order valence-electron chi connectivity index (χ3n) is 3.15. The Morgan fingerprint density at radius 1 is 1.45 bits per heavy atom. The lowest BCUT2D eigenvalue weighted by molar-refractivity contribution is -0.137. The fourth-order valence-electron chi connectivity index (χ4n) is 2.45. The summed E-state index contributed by atoms with van der Waals surface area (Å²) in [5.74, 6) is -1.38. The Bertz CT molecular complexity index is 857. The Balaban J connectivity index is 2.56. The molecule has 3 N–H and O–H groups in total. The Morgan fingerprint density at radius 2 is 2.20 bits per heavy atom. The number of benzene rings is 1. The van der Waals surface area contributed by atoms with Crippen molar-refractivity contribution in [3.05, 3.63) is 29.8 Å². The van der Waals surface area contributed by atoms with E-state index in [0.717, 1.165) is 0 Å². The fraction of sp³-hybridized carbons (Fsp3) is 0.154. The number of rotatable bonds is 2. The lowest BCUT2D eigenvalue weighted by atomic mass is 10.1. The molecule has 1 aromatic carbocycles. The second-order valence-corrected chi connectivity index (χ2v) is 4.58. The monoisotopic (exact) mass is 274 g/mol. The number of anilines is 1. The Kier molecular flexibility index (Phi) is 2.56. The standard InChI is InChI=1S/C13H11FN4O2/c1-6-2-7-10-12(15)16-5-17-13(10)18(4-9(19)20)11(7)8(14)3-6/h2-3,5H,4H2,1H3,(H,19,20)(H2,15,16,17). The lowest BCUT2D eigenvalue weighted by Crippen LogP contribution is -2.10. The number of carboxylic acids is 1. The van der Waals surface area contributed by atoms with Crippen molar-refractivity contribution in [2.24, 2.45) is 0 Å². The molecule has 3 aromatic rings. The van der Waals surface area contributed by atoms with Gasteiger partial charge in [0.15, 0.2) is 0 Å². The first kappa shape index (κ1) is 12.3. The van der Waals surface area contributed by atoms with E-state index in [9.17, 15) is 9.18 Å². The van der Waals surface area contributed by atoms with Crippen molar-refractivity contribution in [1.29, 1.82) is 0 Å². The van der Waals surface area contributed by atoms with E-state index < -0.39 is 18.3 Å². The molecule has 0 aliphatic rings. The molecule has 102 valence electrons. The summed E-state index contributed by atoms with van der Waals surface area (Å²) in [6, 6.07) is 3.10. The van der Waals surface area contributed by atoms with Gasteiger partial charge >= 0.3 is 5.97 Å². The van der Waals surface area contributed by atoms with Crippen LogP contribution < -0.4 is 5.73 Å². The highest BCUT2D eigenvalue weighted by atomic mass is 19.1. The van der Waals surface area contributed by atoms with Crippen molar-refractivity contribution in [1.82, 2.24) is 14.5 Å². The molecule has 0 aliphatic carbocycles. The van der Waals surface area contributed by atoms with Crippen LogP contribution in [0.25, 0.3) is 21.9 Å². The van der Waals surface area contributed by atoms with Gasteiger partial charge in [0, 0.05) is 5.39 Å². The zero-order valence-electron chi connectivity index (χ0n) is 10.6. The van der Waals surface area contributed by atoms with Crippen LogP contribution >= 0.6 is 0 Å². The van der Waals surface area contributed by atoms with Crippen LogP contribution in [0.4, 0.5) is 10.2 Å². The van der Waals surface area contributed by atoms with E-state index in [2.05, 4.69) is 9.97 Å². The maximum atomic E-state index is 14.2. The minimum Gasteiger partial charge on any atom is -0.480 e. The van der Waals surface area contributed by atoms with Gasteiger partial charge in [0.25, 0.3) is 0 Å². The molecule has 0 saturated carbocycles. The number of carbonyl (C=O) groups is 1. The van der Waals surface area contributed by atoms with E-state index in [-0.39, 0.29) is 11.3 Å². The third-order valence-corrected chi connectivity index (χ3v) is 3.15. The number of aryl methyl sites for hydroxylation is 1. The third kappa shape index (κ3) is 1.67. The molecule has 2 heterocycles. The summed E-state index contributed by atoms with van der Waals surface area (Å²) in [7, 11) is 0. The molecule has 0 saturated heterocycles. The molecule has 0 unspecified atom stereocenters. The van der Waals surface area contributed by atoms with Gasteiger partial charge in [-0.3, -0.25) is 4.79 Å². The van der Waals surface area contributed by atoms with Gasteiger partial charge in [0.2, 0.25) is 0 Å². The quantitative estimate of drug-likeness (QED) is 0.741. The summed E-state index contributed by atoms with van der Waals surface area (Å²) in [4.78, 5) is 18.9. The molecule has 0 spiro atoms. The number of halogens is 1. The lowest BCUT2D eigenvalue weighted by Gasteiger charge is -2.04. The normalized spacial score (nSPS) is 11.3. The van der Waals surface area contributed by atoms with Crippen LogP contribution in [0.1, 0.15) is 5.56 Å². The first-order valence-electron chi connectivity index (χ1n) is 5.89. The second-order valence-electron chi connectivity index (χ2n) is 4.58. The number of hydrogen-bond acceptors (Lipinski definition) is 4. The molecular weight excluding hydrogens is 263 g/mol. The molecule has 0 bridgehead atoms. The summed E-state index contributed by atoms with van der Waals surface area (Å²) in [6.07, 6.45) is 1.24. The van der Waals surface area contributed by atoms with Crippen LogP contribution in [0, 0.1) is 12.7 Å². The largest absolute Gasteiger partial charge is 0.480 e. The fourth-order valence-corrected chi connectivity index (χ4v) is 2.45. The maximum Gasteiger partial charge on any atom is 0.323 e. The highest BCUT2D eigenvalue weighted by molar-refractivity contribution is 6.12. The predicted octanol–water partition coefficient (Wildman–Crippen LogP) is 1.70. The van der Waals surface area contributed by atoms with Crippen LogP contribution in [0.15, 0.2) is 18.5 Å².